The molecule has 0 aromatic heterocycles. The number of fused-ring (bicyclic) bond motifs is 1. The summed E-state index contributed by atoms with van der Waals surface area (Å²) in [7, 11) is 5.32. The van der Waals surface area contributed by atoms with Crippen LogP contribution in [0.2, 0.25) is 0 Å². The van der Waals surface area contributed by atoms with Crippen molar-refractivity contribution >= 4 is 28.8 Å². The maximum Gasteiger partial charge on any atom is 0.279 e. The monoisotopic (exact) mass is 408 g/mol. The molecule has 0 radical (unpaired) electrons. The van der Waals surface area contributed by atoms with E-state index in [0.717, 1.165) is 11.4 Å². The van der Waals surface area contributed by atoms with Crippen LogP contribution in [0.5, 0.6) is 0 Å². The van der Waals surface area contributed by atoms with Crippen LogP contribution in [0.3, 0.4) is 0 Å². The van der Waals surface area contributed by atoms with Crippen molar-refractivity contribution in [3.05, 3.63) is 65.7 Å². The Morgan fingerprint density at radius 2 is 1.70 bits per heavy atom. The topological polar surface area (TPSA) is 80.9 Å². The molecule has 2 aromatic rings. The van der Waals surface area contributed by atoms with Crippen LogP contribution in [0.25, 0.3) is 0 Å². The SMILES string of the molecule is CN1C(=C(C#N)C(=O)C[NH+](C)CC(=O)Nc2cccc(F)c2)N(C)c2ccccc21. The molecular formula is C22H23FN5O2+. The standard InChI is InChI=1S/C22H22FN5O2/c1-26(14-21(30)25-16-8-6-7-15(23)11-16)13-20(29)17(12-24)22-27(2)18-9-4-5-10-19(18)28(22)3/h4-11H,13-14H2,1-3H3,(H,25,30)/p+1. The van der Waals surface area contributed by atoms with Gasteiger partial charge in [0.25, 0.3) is 5.91 Å². The number of hydrogen-bond acceptors (Lipinski definition) is 5. The summed E-state index contributed by atoms with van der Waals surface area (Å²) in [5.74, 6) is -0.630. The van der Waals surface area contributed by atoms with Gasteiger partial charge in [0.15, 0.2) is 6.54 Å². The first-order valence-corrected chi connectivity index (χ1v) is 9.42. The molecule has 1 aliphatic rings. The Balaban J connectivity index is 1.69. The highest BCUT2D eigenvalue weighted by Gasteiger charge is 2.32. The van der Waals surface area contributed by atoms with Crippen molar-refractivity contribution in [2.75, 3.05) is 49.3 Å². The van der Waals surface area contributed by atoms with Gasteiger partial charge in [0.1, 0.15) is 29.8 Å². The van der Waals surface area contributed by atoms with Crippen LogP contribution in [-0.2, 0) is 9.59 Å². The van der Waals surface area contributed by atoms with Gasteiger partial charge in [-0.3, -0.25) is 9.59 Å². The summed E-state index contributed by atoms with van der Waals surface area (Å²) in [4.78, 5) is 29.3. The lowest BCUT2D eigenvalue weighted by Gasteiger charge is -2.20. The summed E-state index contributed by atoms with van der Waals surface area (Å²) in [6.07, 6.45) is 0. The smallest absolute Gasteiger partial charge is 0.279 e. The highest BCUT2D eigenvalue weighted by atomic mass is 19.1. The molecule has 0 fully saturated rings. The molecule has 0 spiro atoms. The number of anilines is 3. The van der Waals surface area contributed by atoms with E-state index in [1.165, 1.54) is 18.2 Å². The van der Waals surface area contributed by atoms with Crippen molar-refractivity contribution in [3.8, 4) is 6.07 Å². The predicted octanol–water partition coefficient (Wildman–Crippen LogP) is 1.17. The Bertz CT molecular complexity index is 1030. The normalized spacial score (nSPS) is 13.5. The van der Waals surface area contributed by atoms with Crippen LogP contribution in [-0.4, -0.2) is 45.9 Å². The quantitative estimate of drug-likeness (QED) is 0.554. The molecule has 30 heavy (non-hydrogen) atoms. The minimum Gasteiger partial charge on any atom is -0.328 e. The number of quaternary nitrogens is 1. The molecule has 1 aliphatic heterocycles. The summed E-state index contributed by atoms with van der Waals surface area (Å²) >= 11 is 0. The van der Waals surface area contributed by atoms with Gasteiger partial charge in [-0.2, -0.15) is 5.26 Å². The zero-order valence-electron chi connectivity index (χ0n) is 17.1. The van der Waals surface area contributed by atoms with Crippen LogP contribution in [0, 0.1) is 17.1 Å². The number of nitrogens with one attached hydrogen (secondary N) is 2. The first-order chi connectivity index (χ1) is 14.3. The van der Waals surface area contributed by atoms with Crippen LogP contribution >= 0.6 is 0 Å². The second-order valence-electron chi connectivity index (χ2n) is 7.21. The third-order valence-electron chi connectivity index (χ3n) is 4.89. The maximum absolute atomic E-state index is 13.2. The number of likely N-dealkylation sites (N-methyl/N-ethyl adjacent to an activating group) is 1. The lowest BCUT2D eigenvalue weighted by Crippen LogP contribution is -3.11. The van der Waals surface area contributed by atoms with E-state index in [2.05, 4.69) is 5.32 Å². The number of para-hydroxylation sites is 2. The molecule has 1 amide bonds. The third kappa shape index (κ3) is 4.31. The van der Waals surface area contributed by atoms with Crippen LogP contribution in [0.1, 0.15) is 0 Å². The maximum atomic E-state index is 13.2. The molecule has 0 saturated carbocycles. The molecule has 1 unspecified atom stereocenters. The number of halogens is 1. The lowest BCUT2D eigenvalue weighted by atomic mass is 10.1. The molecule has 1 atom stereocenters. The van der Waals surface area contributed by atoms with E-state index in [1.54, 1.807) is 13.1 Å². The Hall–Kier alpha value is -3.70. The van der Waals surface area contributed by atoms with E-state index in [9.17, 15) is 19.2 Å². The molecule has 0 saturated heterocycles. The molecule has 1 heterocycles. The molecule has 0 aliphatic carbocycles. The van der Waals surface area contributed by atoms with Gasteiger partial charge >= 0.3 is 0 Å². The molecule has 7 nitrogen and oxygen atoms in total. The van der Waals surface area contributed by atoms with Gasteiger partial charge in [0, 0.05) is 19.8 Å². The molecule has 0 bridgehead atoms. The van der Waals surface area contributed by atoms with E-state index in [4.69, 9.17) is 0 Å². The minimum atomic E-state index is -0.445. The van der Waals surface area contributed by atoms with Crippen LogP contribution in [0.15, 0.2) is 59.9 Å². The van der Waals surface area contributed by atoms with Crippen molar-refractivity contribution < 1.29 is 18.9 Å². The zero-order valence-corrected chi connectivity index (χ0v) is 17.1. The van der Waals surface area contributed by atoms with Crippen molar-refractivity contribution in [1.82, 2.24) is 0 Å². The number of hydrogen-bond donors (Lipinski definition) is 2. The highest BCUT2D eigenvalue weighted by molar-refractivity contribution is 6.03. The summed E-state index contributed by atoms with van der Waals surface area (Å²) in [5.41, 5.74) is 2.21. The van der Waals surface area contributed by atoms with Crippen molar-refractivity contribution in [3.63, 3.8) is 0 Å². The second-order valence-corrected chi connectivity index (χ2v) is 7.21. The Kier molecular flexibility index (Phi) is 6.14. The van der Waals surface area contributed by atoms with E-state index in [0.29, 0.717) is 16.4 Å². The van der Waals surface area contributed by atoms with E-state index in [1.807, 2.05) is 54.2 Å². The summed E-state index contributed by atoms with van der Waals surface area (Å²) in [6, 6.07) is 15.3. The Morgan fingerprint density at radius 1 is 1.07 bits per heavy atom. The number of Topliss-reactive ketones (excluding diaryl/α,β-unsaturated/α-hetero) is 1. The largest absolute Gasteiger partial charge is 0.328 e. The number of carbonyl (C=O) groups is 2. The van der Waals surface area contributed by atoms with Gasteiger partial charge in [0.2, 0.25) is 5.78 Å². The highest BCUT2D eigenvalue weighted by Crippen LogP contribution is 2.40. The average Bonchev–Trinajstić information content (AvgIpc) is 2.94. The zero-order chi connectivity index (χ0) is 21.8. The fourth-order valence-electron chi connectivity index (χ4n) is 3.53. The van der Waals surface area contributed by atoms with E-state index < -0.39 is 5.82 Å². The fourth-order valence-corrected chi connectivity index (χ4v) is 3.53. The number of rotatable bonds is 6. The molecular weight excluding hydrogens is 385 g/mol. The van der Waals surface area contributed by atoms with Crippen molar-refractivity contribution in [2.24, 2.45) is 0 Å². The number of benzene rings is 2. The molecule has 2 aromatic carbocycles. The van der Waals surface area contributed by atoms with Gasteiger partial charge in [-0.1, -0.05) is 18.2 Å². The Morgan fingerprint density at radius 3 is 2.27 bits per heavy atom. The first kappa shape index (κ1) is 21.0. The van der Waals surface area contributed by atoms with Gasteiger partial charge in [-0.25, -0.2) is 4.39 Å². The Labute approximate surface area is 174 Å². The van der Waals surface area contributed by atoms with Crippen molar-refractivity contribution in [2.45, 2.75) is 0 Å². The minimum absolute atomic E-state index is 0.00218. The molecule has 154 valence electrons. The van der Waals surface area contributed by atoms with Crippen LogP contribution < -0.4 is 20.0 Å². The summed E-state index contributed by atoms with van der Waals surface area (Å²) in [5, 5.41) is 12.3. The van der Waals surface area contributed by atoms with Gasteiger partial charge in [-0.15, -0.1) is 0 Å². The number of nitriles is 1. The molecule has 2 N–H and O–H groups in total. The summed E-state index contributed by atoms with van der Waals surface area (Å²) < 4.78 is 13.2. The number of amides is 1. The molecule has 3 rings (SSSR count). The van der Waals surface area contributed by atoms with Gasteiger partial charge in [0.05, 0.1) is 18.4 Å². The van der Waals surface area contributed by atoms with E-state index >= 15 is 0 Å². The van der Waals surface area contributed by atoms with Crippen LogP contribution in [0.4, 0.5) is 21.5 Å². The van der Waals surface area contributed by atoms with Crippen molar-refractivity contribution in [1.29, 1.82) is 5.26 Å². The predicted molar refractivity (Wildman–Crippen MR) is 113 cm³/mol. The first-order valence-electron chi connectivity index (χ1n) is 9.42. The average molecular weight is 408 g/mol. The number of ketones is 1. The lowest BCUT2D eigenvalue weighted by molar-refractivity contribution is -0.862. The summed E-state index contributed by atoms with van der Waals surface area (Å²) in [6.45, 7) is -0.0246. The van der Waals surface area contributed by atoms with Gasteiger partial charge < -0.3 is 20.0 Å². The van der Waals surface area contributed by atoms with E-state index in [-0.39, 0.29) is 30.4 Å². The fraction of sp³-hybridized carbons (Fsp3) is 0.227. The second kappa shape index (κ2) is 8.76. The number of carbonyl (C=O) groups excluding carboxylic acids is 2. The third-order valence-corrected chi connectivity index (χ3v) is 4.89. The van der Waals surface area contributed by atoms with Gasteiger partial charge in [-0.05, 0) is 30.3 Å². The molecule has 8 heteroatoms. The number of nitrogens with zero attached hydrogens (tertiary/aromatic N) is 3.